The Morgan fingerprint density at radius 2 is 2.00 bits per heavy atom. The lowest BCUT2D eigenvalue weighted by molar-refractivity contribution is -0.123. The first-order valence-corrected chi connectivity index (χ1v) is 16.2. The predicted octanol–water partition coefficient (Wildman–Crippen LogP) is 0.980. The Hall–Kier alpha value is -1.47. The van der Waals surface area contributed by atoms with E-state index in [9.17, 15) is 9.59 Å². The number of carbonyl (C=O) groups excluding carboxylic acids is 2. The van der Waals surface area contributed by atoms with Crippen LogP contribution in [0, 0.1) is 11.8 Å². The summed E-state index contributed by atoms with van der Waals surface area (Å²) < 4.78 is 12.0. The number of carbonyl (C=O) groups is 2. The van der Waals surface area contributed by atoms with Crippen LogP contribution in [0.25, 0.3) is 0 Å². The molecule has 0 bridgehead atoms. The summed E-state index contributed by atoms with van der Waals surface area (Å²) in [6, 6.07) is 0.489. The van der Waals surface area contributed by atoms with Crippen LogP contribution in [0.5, 0.6) is 0 Å². The minimum Gasteiger partial charge on any atom is -0.474 e. The Bertz CT molecular complexity index is 954. The number of nitrogens with two attached hydrogens (primary N) is 1. The Morgan fingerprint density at radius 1 is 1.18 bits per heavy atom. The van der Waals surface area contributed by atoms with Gasteiger partial charge in [0.1, 0.15) is 17.5 Å². The number of amidine groups is 1. The third kappa shape index (κ3) is 5.84. The molecule has 1 saturated carbocycles. The van der Waals surface area contributed by atoms with E-state index in [0.717, 1.165) is 44.1 Å². The Morgan fingerprint density at radius 3 is 2.79 bits per heavy atom. The second kappa shape index (κ2) is 12.0. The molecule has 10 nitrogen and oxygen atoms in total. The van der Waals surface area contributed by atoms with E-state index in [4.69, 9.17) is 20.2 Å². The molecule has 7 unspecified atom stereocenters. The fourth-order valence-electron chi connectivity index (χ4n) is 6.46. The van der Waals surface area contributed by atoms with Crippen molar-refractivity contribution in [3.8, 4) is 0 Å². The number of nitrogens with zero attached hydrogens (tertiary/aromatic N) is 2. The van der Waals surface area contributed by atoms with E-state index in [1.54, 1.807) is 17.8 Å². The number of nitrogens with one attached hydrogen (secondary N) is 3. The normalized spacial score (nSPS) is 38.3. The van der Waals surface area contributed by atoms with E-state index < -0.39 is 0 Å². The fourth-order valence-corrected chi connectivity index (χ4v) is 9.48. The van der Waals surface area contributed by atoms with E-state index in [-0.39, 0.29) is 51.8 Å². The zero-order chi connectivity index (χ0) is 26.1. The average Bonchev–Trinajstić information content (AvgIpc) is 3.57. The molecule has 6 rings (SSSR count). The Balaban J connectivity index is 1.08. The number of morpholine rings is 1. The molecular weight excluding hydrogens is 524 g/mol. The van der Waals surface area contributed by atoms with E-state index in [1.807, 2.05) is 11.8 Å². The summed E-state index contributed by atoms with van der Waals surface area (Å²) in [5.41, 5.74) is 5.79. The minimum atomic E-state index is -0.320. The van der Waals surface area contributed by atoms with Gasteiger partial charge in [-0.1, -0.05) is 19.3 Å². The molecule has 12 heteroatoms. The molecule has 1 aliphatic carbocycles. The summed E-state index contributed by atoms with van der Waals surface area (Å²) in [6.07, 6.45) is 8.94. The molecule has 7 atom stereocenters. The summed E-state index contributed by atoms with van der Waals surface area (Å²) >= 11 is 3.53. The molecule has 0 aromatic rings. The third-order valence-electron chi connectivity index (χ3n) is 8.58. The Kier molecular flexibility index (Phi) is 8.41. The van der Waals surface area contributed by atoms with Crippen molar-refractivity contribution in [1.82, 2.24) is 20.9 Å². The number of amides is 1. The second-order valence-electron chi connectivity index (χ2n) is 11.2. The lowest BCUT2D eigenvalue weighted by atomic mass is 9.93. The highest BCUT2D eigenvalue weighted by Gasteiger charge is 2.50. The average molecular weight is 565 g/mol. The van der Waals surface area contributed by atoms with Crippen LogP contribution in [0.15, 0.2) is 17.0 Å². The molecule has 6 aliphatic rings. The molecule has 1 amide bonds. The lowest BCUT2D eigenvalue weighted by Crippen LogP contribution is -2.50. The van der Waals surface area contributed by atoms with E-state index in [1.165, 1.54) is 32.1 Å². The van der Waals surface area contributed by atoms with Crippen molar-refractivity contribution in [2.75, 3.05) is 38.6 Å². The van der Waals surface area contributed by atoms with Crippen LogP contribution < -0.4 is 21.7 Å². The van der Waals surface area contributed by atoms with Gasteiger partial charge in [-0.25, -0.2) is 0 Å². The maximum absolute atomic E-state index is 13.0. The number of primary amides is 1. The van der Waals surface area contributed by atoms with Crippen LogP contribution in [-0.2, 0) is 19.1 Å². The maximum atomic E-state index is 13.0. The SMILES string of the molecule is NC(=O)C1CCC(NC2CCCCC2)=NC1NC1CNC(C2CSC3C(=O)C=C(N4CCOCC4)OC32)S1. The number of hydrogen-bond donors (Lipinski definition) is 4. The van der Waals surface area contributed by atoms with E-state index in [2.05, 4.69) is 20.9 Å². The number of rotatable bonds is 6. The standard InChI is InChI=1S/C26H40N6O4S2/c27-24(34)16-6-7-19(29-15-4-2-1-3-5-15)30-25(16)31-20-13-28-26(38-20)17-14-37-23-18(33)12-21(36-22(17)23)32-8-10-35-11-9-32/h12,15-17,20,22-23,25-26,28,31H,1-11,13-14H2,(H2,27,34)(H,29,30). The van der Waals surface area contributed by atoms with Gasteiger partial charge in [0.05, 0.1) is 35.7 Å². The third-order valence-corrected chi connectivity index (χ3v) is 11.5. The second-order valence-corrected chi connectivity index (χ2v) is 13.7. The van der Waals surface area contributed by atoms with Gasteiger partial charge in [0.15, 0.2) is 11.7 Å². The fraction of sp³-hybridized carbons (Fsp3) is 0.808. The van der Waals surface area contributed by atoms with Crippen LogP contribution in [0.1, 0.15) is 44.9 Å². The molecule has 5 aliphatic heterocycles. The van der Waals surface area contributed by atoms with Crippen LogP contribution in [-0.4, -0.2) is 95.3 Å². The number of ether oxygens (including phenoxy) is 2. The molecular formula is C26H40N6O4S2. The van der Waals surface area contributed by atoms with Gasteiger partial charge in [-0.3, -0.25) is 19.9 Å². The van der Waals surface area contributed by atoms with Gasteiger partial charge in [-0.15, -0.1) is 23.5 Å². The summed E-state index contributed by atoms with van der Waals surface area (Å²) in [4.78, 5) is 32.3. The highest BCUT2D eigenvalue weighted by molar-refractivity contribution is 8.01. The summed E-state index contributed by atoms with van der Waals surface area (Å²) in [7, 11) is 0. The minimum absolute atomic E-state index is 0.0993. The molecule has 0 aromatic heterocycles. The molecule has 5 N–H and O–H groups in total. The maximum Gasteiger partial charge on any atom is 0.224 e. The number of hydrogen-bond acceptors (Lipinski definition) is 11. The van der Waals surface area contributed by atoms with Crippen LogP contribution in [0.2, 0.25) is 0 Å². The van der Waals surface area contributed by atoms with Crippen molar-refractivity contribution >= 4 is 41.0 Å². The molecule has 5 heterocycles. The van der Waals surface area contributed by atoms with E-state index in [0.29, 0.717) is 25.1 Å². The highest BCUT2D eigenvalue weighted by Crippen LogP contribution is 2.44. The van der Waals surface area contributed by atoms with Gasteiger partial charge >= 0.3 is 0 Å². The van der Waals surface area contributed by atoms with Crippen molar-refractivity contribution in [2.45, 2.75) is 79.3 Å². The number of fused-ring (bicyclic) bond motifs is 1. The van der Waals surface area contributed by atoms with Gasteiger partial charge in [-0.05, 0) is 19.3 Å². The monoisotopic (exact) mass is 564 g/mol. The summed E-state index contributed by atoms with van der Waals surface area (Å²) in [5.74, 6) is 2.35. The molecule has 38 heavy (non-hydrogen) atoms. The van der Waals surface area contributed by atoms with E-state index >= 15 is 0 Å². The predicted molar refractivity (Wildman–Crippen MR) is 150 cm³/mol. The topological polar surface area (TPSA) is 130 Å². The smallest absolute Gasteiger partial charge is 0.224 e. The molecule has 210 valence electrons. The van der Waals surface area contributed by atoms with Gasteiger partial charge < -0.3 is 30.7 Å². The zero-order valence-corrected chi connectivity index (χ0v) is 23.4. The summed E-state index contributed by atoms with van der Waals surface area (Å²) in [5, 5.41) is 11.1. The first-order chi connectivity index (χ1) is 18.5. The molecule has 0 radical (unpaired) electrons. The van der Waals surface area contributed by atoms with Gasteiger partial charge in [-0.2, -0.15) is 0 Å². The highest BCUT2D eigenvalue weighted by atomic mass is 32.2. The van der Waals surface area contributed by atoms with Crippen molar-refractivity contribution in [1.29, 1.82) is 0 Å². The molecule has 3 saturated heterocycles. The number of thioether (sulfide) groups is 2. The number of ketones is 1. The van der Waals surface area contributed by atoms with Crippen LogP contribution in [0.4, 0.5) is 0 Å². The largest absolute Gasteiger partial charge is 0.474 e. The molecule has 0 spiro atoms. The van der Waals surface area contributed by atoms with Gasteiger partial charge in [0.25, 0.3) is 0 Å². The van der Waals surface area contributed by atoms with Crippen molar-refractivity contribution in [3.63, 3.8) is 0 Å². The lowest BCUT2D eigenvalue weighted by Gasteiger charge is -2.37. The van der Waals surface area contributed by atoms with Gasteiger partial charge in [0, 0.05) is 49.8 Å². The summed E-state index contributed by atoms with van der Waals surface area (Å²) in [6.45, 7) is 3.57. The molecule has 4 fully saturated rings. The van der Waals surface area contributed by atoms with Crippen molar-refractivity contribution in [2.24, 2.45) is 22.6 Å². The molecule has 0 aromatic carbocycles. The van der Waals surface area contributed by atoms with Crippen molar-refractivity contribution in [3.05, 3.63) is 12.0 Å². The first-order valence-electron chi connectivity index (χ1n) is 14.2. The Labute approximate surface area is 233 Å². The van der Waals surface area contributed by atoms with Crippen LogP contribution in [0.3, 0.4) is 0 Å². The zero-order valence-electron chi connectivity index (χ0n) is 21.8. The van der Waals surface area contributed by atoms with Gasteiger partial charge in [0.2, 0.25) is 5.91 Å². The van der Waals surface area contributed by atoms with Crippen molar-refractivity contribution < 1.29 is 19.1 Å². The number of aliphatic imine (C=N–C) groups is 1. The number of allylic oxidation sites excluding steroid dienone is 1. The van der Waals surface area contributed by atoms with Crippen LogP contribution >= 0.6 is 23.5 Å². The first kappa shape index (κ1) is 26.7. The quantitative estimate of drug-likeness (QED) is 0.370.